The lowest BCUT2D eigenvalue weighted by Crippen LogP contribution is -2.64. The van der Waals surface area contributed by atoms with Gasteiger partial charge in [0.05, 0.1) is 30.2 Å². The average molecular weight is 338 g/mol. The third-order valence-electron chi connectivity index (χ3n) is 7.40. The minimum atomic E-state index is -0.235. The lowest BCUT2D eigenvalue weighted by atomic mass is 9.57. The van der Waals surface area contributed by atoms with Crippen molar-refractivity contribution in [3.8, 4) is 0 Å². The summed E-state index contributed by atoms with van der Waals surface area (Å²) in [6, 6.07) is 8.83. The van der Waals surface area contributed by atoms with Gasteiger partial charge in [-0.1, -0.05) is 18.2 Å². The summed E-state index contributed by atoms with van der Waals surface area (Å²) >= 11 is 0. The second-order valence-corrected chi connectivity index (χ2v) is 8.07. The lowest BCUT2D eigenvalue weighted by Gasteiger charge is -2.51. The second kappa shape index (κ2) is 4.27. The van der Waals surface area contributed by atoms with Crippen molar-refractivity contribution in [2.24, 2.45) is 5.92 Å². The van der Waals surface area contributed by atoms with Crippen molar-refractivity contribution in [1.82, 2.24) is 4.90 Å². The van der Waals surface area contributed by atoms with Crippen LogP contribution in [0, 0.1) is 5.92 Å². The molecule has 3 saturated heterocycles. The van der Waals surface area contributed by atoms with Crippen LogP contribution in [0.25, 0.3) is 0 Å². The number of carbonyl (C=O) groups excluding carboxylic acids is 1. The number of rotatable bonds is 1. The topological polar surface area (TPSA) is 54.1 Å². The van der Waals surface area contributed by atoms with Gasteiger partial charge in [-0.05, 0) is 44.5 Å². The number of nitrogens with zero attached hydrogens (tertiary/aromatic N) is 1. The summed E-state index contributed by atoms with van der Waals surface area (Å²) in [6.45, 7) is 4.25. The SMILES string of the molecule is COC(=O)C1=C2Nc3ccccc3[C@]23CCN2CC[C@H]1[C@]1(O[C@@H]1C)[C@@H]23. The number of fused-ring (bicyclic) bond motifs is 1. The van der Waals surface area contributed by atoms with Gasteiger partial charge in [0.1, 0.15) is 5.60 Å². The van der Waals surface area contributed by atoms with E-state index in [2.05, 4.69) is 41.4 Å². The van der Waals surface area contributed by atoms with Crippen molar-refractivity contribution in [3.05, 3.63) is 41.1 Å². The Morgan fingerprint density at radius 1 is 1.36 bits per heavy atom. The van der Waals surface area contributed by atoms with E-state index in [1.807, 2.05) is 0 Å². The highest BCUT2D eigenvalue weighted by atomic mass is 16.6. The molecular weight excluding hydrogens is 316 g/mol. The molecule has 4 heterocycles. The Morgan fingerprint density at radius 3 is 2.92 bits per heavy atom. The molecule has 5 aliphatic rings. The maximum atomic E-state index is 12.9. The monoisotopic (exact) mass is 338 g/mol. The molecule has 5 nitrogen and oxygen atoms in total. The number of ether oxygens (including phenoxy) is 2. The molecule has 0 unspecified atom stereocenters. The zero-order chi connectivity index (χ0) is 17.0. The molecule has 6 rings (SSSR count). The molecular formula is C20H22N2O3. The van der Waals surface area contributed by atoms with Crippen LogP contribution in [0.15, 0.2) is 35.5 Å². The van der Waals surface area contributed by atoms with Gasteiger partial charge in [0.2, 0.25) is 0 Å². The third kappa shape index (κ3) is 1.37. The molecule has 5 heteroatoms. The first-order valence-corrected chi connectivity index (χ1v) is 9.26. The van der Waals surface area contributed by atoms with Gasteiger partial charge in [0.15, 0.2) is 0 Å². The Bertz CT molecular complexity index is 849. The standard InChI is InChI=1S/C20H22N2O3/c1-11-20(25-11)13-7-9-22-10-8-19(18(20)22)12-5-3-4-6-14(12)21-16(19)15(13)17(23)24-2/h3-6,11,13,18,21H,7-10H2,1-2H3/t11-,13-,18+,19-,20+/m1/s1. The van der Waals surface area contributed by atoms with Crippen LogP contribution in [0.3, 0.4) is 0 Å². The number of piperidine rings is 1. The zero-order valence-electron chi connectivity index (χ0n) is 14.5. The van der Waals surface area contributed by atoms with Gasteiger partial charge in [-0.3, -0.25) is 4.90 Å². The van der Waals surface area contributed by atoms with Crippen LogP contribution >= 0.6 is 0 Å². The van der Waals surface area contributed by atoms with Crippen molar-refractivity contribution in [2.75, 3.05) is 25.5 Å². The summed E-state index contributed by atoms with van der Waals surface area (Å²) in [6.07, 6.45) is 2.18. The quantitative estimate of drug-likeness (QED) is 0.627. The summed E-state index contributed by atoms with van der Waals surface area (Å²) < 4.78 is 11.6. The largest absolute Gasteiger partial charge is 0.466 e. The highest BCUT2D eigenvalue weighted by Gasteiger charge is 2.78. The fraction of sp³-hybridized carbons (Fsp3) is 0.550. The van der Waals surface area contributed by atoms with Gasteiger partial charge in [0, 0.05) is 17.3 Å². The molecule has 1 N–H and O–H groups in total. The maximum Gasteiger partial charge on any atom is 0.335 e. The Morgan fingerprint density at radius 2 is 2.16 bits per heavy atom. The molecule has 0 radical (unpaired) electrons. The van der Waals surface area contributed by atoms with Crippen molar-refractivity contribution in [2.45, 2.75) is 42.9 Å². The zero-order valence-corrected chi connectivity index (χ0v) is 14.5. The van der Waals surface area contributed by atoms with Gasteiger partial charge in [-0.2, -0.15) is 0 Å². The molecule has 1 aliphatic carbocycles. The minimum absolute atomic E-state index is 0.124. The van der Waals surface area contributed by atoms with E-state index in [-0.39, 0.29) is 29.0 Å². The second-order valence-electron chi connectivity index (χ2n) is 8.07. The predicted molar refractivity (Wildman–Crippen MR) is 92.1 cm³/mol. The molecule has 2 bridgehead atoms. The molecule has 1 aromatic carbocycles. The van der Waals surface area contributed by atoms with Crippen LogP contribution in [-0.4, -0.2) is 48.8 Å². The summed E-state index contributed by atoms with van der Waals surface area (Å²) in [7, 11) is 1.49. The maximum absolute atomic E-state index is 12.9. The molecule has 0 saturated carbocycles. The smallest absolute Gasteiger partial charge is 0.335 e. The minimum Gasteiger partial charge on any atom is -0.466 e. The van der Waals surface area contributed by atoms with Gasteiger partial charge in [0.25, 0.3) is 0 Å². The van der Waals surface area contributed by atoms with Crippen molar-refractivity contribution >= 4 is 11.7 Å². The number of epoxide rings is 1. The molecule has 1 aromatic rings. The molecule has 0 amide bonds. The van der Waals surface area contributed by atoms with Gasteiger partial charge in [-0.25, -0.2) is 4.79 Å². The molecule has 25 heavy (non-hydrogen) atoms. The highest BCUT2D eigenvalue weighted by molar-refractivity contribution is 5.94. The Hall–Kier alpha value is -1.85. The van der Waals surface area contributed by atoms with E-state index in [9.17, 15) is 4.79 Å². The van der Waals surface area contributed by atoms with Crippen molar-refractivity contribution in [3.63, 3.8) is 0 Å². The Kier molecular flexibility index (Phi) is 2.45. The van der Waals surface area contributed by atoms with E-state index >= 15 is 0 Å². The van der Waals surface area contributed by atoms with Crippen LogP contribution in [0.4, 0.5) is 5.69 Å². The van der Waals surface area contributed by atoms with Gasteiger partial charge >= 0.3 is 5.97 Å². The van der Waals surface area contributed by atoms with Crippen molar-refractivity contribution in [1.29, 1.82) is 0 Å². The number of anilines is 1. The molecule has 5 atom stereocenters. The first kappa shape index (κ1) is 14.3. The molecule has 4 aliphatic heterocycles. The summed E-state index contributed by atoms with van der Waals surface area (Å²) in [5.41, 5.74) is 3.98. The van der Waals surface area contributed by atoms with Crippen molar-refractivity contribution < 1.29 is 14.3 Å². The highest BCUT2D eigenvalue weighted by Crippen LogP contribution is 2.69. The fourth-order valence-corrected chi connectivity index (χ4v) is 6.56. The predicted octanol–water partition coefficient (Wildman–Crippen LogP) is 2.04. The normalized spacial score (nSPS) is 42.9. The van der Waals surface area contributed by atoms with Crippen LogP contribution in [0.5, 0.6) is 0 Å². The van der Waals surface area contributed by atoms with E-state index in [0.717, 1.165) is 42.9 Å². The van der Waals surface area contributed by atoms with Crippen LogP contribution in [-0.2, 0) is 19.7 Å². The van der Waals surface area contributed by atoms with E-state index in [1.54, 1.807) is 0 Å². The van der Waals surface area contributed by atoms with E-state index < -0.39 is 0 Å². The van der Waals surface area contributed by atoms with E-state index in [0.29, 0.717) is 6.04 Å². The summed E-state index contributed by atoms with van der Waals surface area (Å²) in [4.78, 5) is 15.5. The first-order chi connectivity index (χ1) is 12.1. The third-order valence-corrected chi connectivity index (χ3v) is 7.40. The number of para-hydroxylation sites is 1. The summed E-state index contributed by atoms with van der Waals surface area (Å²) in [5.74, 6) is -0.0696. The van der Waals surface area contributed by atoms with Gasteiger partial charge < -0.3 is 14.8 Å². The molecule has 3 fully saturated rings. The number of esters is 1. The molecule has 0 aromatic heterocycles. The van der Waals surface area contributed by atoms with E-state index in [1.165, 1.54) is 12.7 Å². The fourth-order valence-electron chi connectivity index (χ4n) is 6.56. The van der Waals surface area contributed by atoms with Crippen LogP contribution in [0.2, 0.25) is 0 Å². The van der Waals surface area contributed by atoms with Crippen LogP contribution in [0.1, 0.15) is 25.3 Å². The lowest BCUT2D eigenvalue weighted by molar-refractivity contribution is -0.138. The van der Waals surface area contributed by atoms with Crippen LogP contribution < -0.4 is 5.32 Å². The molecule has 2 spiro atoms. The van der Waals surface area contributed by atoms with Gasteiger partial charge in [-0.15, -0.1) is 0 Å². The number of nitrogens with one attached hydrogen (secondary N) is 1. The Balaban J connectivity index is 1.70. The number of hydrogen-bond acceptors (Lipinski definition) is 5. The Labute approximate surface area is 147 Å². The molecule has 130 valence electrons. The first-order valence-electron chi connectivity index (χ1n) is 9.26. The van der Waals surface area contributed by atoms with E-state index in [4.69, 9.17) is 9.47 Å². The number of hydrogen-bond donors (Lipinski definition) is 1. The number of methoxy groups -OCH3 is 1. The summed E-state index contributed by atoms with van der Waals surface area (Å²) in [5, 5.41) is 3.63. The average Bonchev–Trinajstić information content (AvgIpc) is 2.99. The number of carbonyl (C=O) groups is 1. The number of benzene rings is 1.